The molecule has 0 fully saturated rings. The predicted molar refractivity (Wildman–Crippen MR) is 79.1 cm³/mol. The largest absolute Gasteiger partial charge is 0.497 e. The maximum Gasteiger partial charge on any atom is 0.141 e. The van der Waals surface area contributed by atoms with Gasteiger partial charge >= 0.3 is 0 Å². The Bertz CT molecular complexity index is 553. The number of ether oxygens (including phenoxy) is 2. The van der Waals surface area contributed by atoms with Crippen LogP contribution in [-0.2, 0) is 13.0 Å². The van der Waals surface area contributed by atoms with E-state index in [2.05, 4.69) is 4.98 Å². The Balaban J connectivity index is 2.05. The Labute approximate surface area is 119 Å². The van der Waals surface area contributed by atoms with Gasteiger partial charge in [-0.15, -0.1) is 0 Å². The summed E-state index contributed by atoms with van der Waals surface area (Å²) in [4.78, 5) is 4.48. The molecule has 2 N–H and O–H groups in total. The topological polar surface area (TPSA) is 57.4 Å². The first-order valence-corrected chi connectivity index (χ1v) is 6.65. The molecule has 0 saturated heterocycles. The molecule has 4 nitrogen and oxygen atoms in total. The van der Waals surface area contributed by atoms with Crippen LogP contribution in [0, 0.1) is 6.92 Å². The van der Waals surface area contributed by atoms with Crippen LogP contribution in [0.3, 0.4) is 0 Å². The predicted octanol–water partition coefficient (Wildman–Crippen LogP) is 2.48. The number of nitrogens with zero attached hydrogens (tertiary/aromatic N) is 1. The van der Waals surface area contributed by atoms with Gasteiger partial charge in [0.2, 0.25) is 0 Å². The average molecular weight is 272 g/mol. The van der Waals surface area contributed by atoms with Crippen LogP contribution in [0.1, 0.15) is 17.0 Å². The molecule has 2 aromatic rings. The molecule has 0 aliphatic carbocycles. The first kappa shape index (κ1) is 14.3. The summed E-state index contributed by atoms with van der Waals surface area (Å²) in [5, 5.41) is 0. The maximum absolute atomic E-state index is 5.85. The normalized spacial score (nSPS) is 10.3. The van der Waals surface area contributed by atoms with Crippen LogP contribution in [-0.4, -0.2) is 18.6 Å². The van der Waals surface area contributed by atoms with E-state index in [4.69, 9.17) is 15.2 Å². The lowest BCUT2D eigenvalue weighted by atomic mass is 10.2. The van der Waals surface area contributed by atoms with Gasteiger partial charge in [0.1, 0.15) is 18.1 Å². The molecule has 20 heavy (non-hydrogen) atoms. The quantitative estimate of drug-likeness (QED) is 0.877. The minimum atomic E-state index is 0.506. The molecule has 0 unspecified atom stereocenters. The number of hydrogen-bond acceptors (Lipinski definition) is 4. The smallest absolute Gasteiger partial charge is 0.141 e. The van der Waals surface area contributed by atoms with Gasteiger partial charge in [0, 0.05) is 12.1 Å². The summed E-state index contributed by atoms with van der Waals surface area (Å²) < 4.78 is 11.0. The van der Waals surface area contributed by atoms with Gasteiger partial charge in [-0.25, -0.2) is 0 Å². The molecule has 1 aromatic heterocycles. The molecule has 0 atom stereocenters. The molecule has 106 valence electrons. The van der Waals surface area contributed by atoms with Crippen molar-refractivity contribution in [2.24, 2.45) is 5.73 Å². The van der Waals surface area contributed by atoms with Crippen LogP contribution >= 0.6 is 0 Å². The molecular formula is C16H20N2O2. The minimum Gasteiger partial charge on any atom is -0.497 e. The fraction of sp³-hybridized carbons (Fsp3) is 0.312. The summed E-state index contributed by atoms with van der Waals surface area (Å²) >= 11 is 0. The lowest BCUT2D eigenvalue weighted by Gasteiger charge is -2.11. The highest BCUT2D eigenvalue weighted by Gasteiger charge is 2.06. The third-order valence-corrected chi connectivity index (χ3v) is 3.01. The molecule has 0 amide bonds. The van der Waals surface area contributed by atoms with Crippen LogP contribution < -0.4 is 15.2 Å². The van der Waals surface area contributed by atoms with Crippen LogP contribution in [0.4, 0.5) is 0 Å². The summed E-state index contributed by atoms with van der Waals surface area (Å²) in [5.74, 6) is 1.64. The van der Waals surface area contributed by atoms with Gasteiger partial charge in [-0.1, -0.05) is 12.1 Å². The summed E-state index contributed by atoms with van der Waals surface area (Å²) in [6.45, 7) is 3.04. The fourth-order valence-electron chi connectivity index (χ4n) is 1.93. The number of hydrogen-bond donors (Lipinski definition) is 1. The van der Waals surface area contributed by atoms with Crippen molar-refractivity contribution in [1.29, 1.82) is 0 Å². The van der Waals surface area contributed by atoms with E-state index < -0.39 is 0 Å². The third-order valence-electron chi connectivity index (χ3n) is 3.01. The number of rotatable bonds is 6. The zero-order valence-corrected chi connectivity index (χ0v) is 11.9. The summed E-state index contributed by atoms with van der Waals surface area (Å²) in [7, 11) is 1.66. The molecule has 0 spiro atoms. The van der Waals surface area contributed by atoms with Crippen molar-refractivity contribution in [2.45, 2.75) is 20.0 Å². The lowest BCUT2D eigenvalue weighted by Crippen LogP contribution is -2.08. The zero-order chi connectivity index (χ0) is 14.4. The van der Waals surface area contributed by atoms with E-state index in [1.54, 1.807) is 7.11 Å². The van der Waals surface area contributed by atoms with Crippen LogP contribution in [0.15, 0.2) is 36.4 Å². The number of aromatic nitrogens is 1. The van der Waals surface area contributed by atoms with Gasteiger partial charge in [-0.3, -0.25) is 4.98 Å². The second-order valence-corrected chi connectivity index (χ2v) is 4.57. The second kappa shape index (κ2) is 6.91. The highest BCUT2D eigenvalue weighted by Crippen LogP contribution is 2.19. The first-order valence-electron chi connectivity index (χ1n) is 6.65. The van der Waals surface area contributed by atoms with Crippen molar-refractivity contribution in [3.63, 3.8) is 0 Å². The molecule has 4 heteroatoms. The van der Waals surface area contributed by atoms with Crippen molar-refractivity contribution in [2.75, 3.05) is 13.7 Å². The van der Waals surface area contributed by atoms with Crippen molar-refractivity contribution < 1.29 is 9.47 Å². The highest BCUT2D eigenvalue weighted by atomic mass is 16.5. The van der Waals surface area contributed by atoms with Gasteiger partial charge < -0.3 is 15.2 Å². The Morgan fingerprint density at radius 3 is 2.50 bits per heavy atom. The summed E-state index contributed by atoms with van der Waals surface area (Å²) in [6, 6.07) is 11.7. The van der Waals surface area contributed by atoms with Gasteiger partial charge in [-0.05, 0) is 43.3 Å². The highest BCUT2D eigenvalue weighted by molar-refractivity contribution is 5.31. The standard InChI is InChI=1S/C16H20N2O2/c1-12-3-8-16(15(18-12)9-10-17)20-11-13-4-6-14(19-2)7-5-13/h3-8H,9-11,17H2,1-2H3. The monoisotopic (exact) mass is 272 g/mol. The SMILES string of the molecule is COc1ccc(COc2ccc(C)nc2CCN)cc1. The molecule has 0 aliphatic heterocycles. The Morgan fingerprint density at radius 2 is 1.85 bits per heavy atom. The Morgan fingerprint density at radius 1 is 1.10 bits per heavy atom. The van der Waals surface area contributed by atoms with E-state index in [0.717, 1.165) is 34.9 Å². The third kappa shape index (κ3) is 3.71. The number of benzene rings is 1. The van der Waals surface area contributed by atoms with E-state index in [1.165, 1.54) is 0 Å². The van der Waals surface area contributed by atoms with E-state index in [1.807, 2.05) is 43.3 Å². The lowest BCUT2D eigenvalue weighted by molar-refractivity contribution is 0.301. The molecule has 0 saturated carbocycles. The van der Waals surface area contributed by atoms with Crippen molar-refractivity contribution in [1.82, 2.24) is 4.98 Å². The van der Waals surface area contributed by atoms with E-state index in [0.29, 0.717) is 13.2 Å². The Kier molecular flexibility index (Phi) is 4.96. The van der Waals surface area contributed by atoms with Gasteiger partial charge in [0.25, 0.3) is 0 Å². The van der Waals surface area contributed by atoms with Crippen LogP contribution in [0.5, 0.6) is 11.5 Å². The minimum absolute atomic E-state index is 0.506. The van der Waals surface area contributed by atoms with Crippen molar-refractivity contribution in [3.05, 3.63) is 53.3 Å². The van der Waals surface area contributed by atoms with E-state index in [9.17, 15) is 0 Å². The number of nitrogens with two attached hydrogens (primary N) is 1. The fourth-order valence-corrected chi connectivity index (χ4v) is 1.93. The molecule has 0 bridgehead atoms. The molecule has 1 heterocycles. The maximum atomic E-state index is 5.85. The van der Waals surface area contributed by atoms with Crippen LogP contribution in [0.25, 0.3) is 0 Å². The number of pyridine rings is 1. The summed E-state index contributed by atoms with van der Waals surface area (Å²) in [5.41, 5.74) is 8.59. The van der Waals surface area contributed by atoms with Gasteiger partial charge in [0.15, 0.2) is 0 Å². The molecule has 1 aromatic carbocycles. The van der Waals surface area contributed by atoms with Gasteiger partial charge in [0.05, 0.1) is 12.8 Å². The van der Waals surface area contributed by atoms with Crippen molar-refractivity contribution in [3.8, 4) is 11.5 Å². The summed E-state index contributed by atoms with van der Waals surface area (Å²) in [6.07, 6.45) is 0.722. The average Bonchev–Trinajstić information content (AvgIpc) is 2.47. The van der Waals surface area contributed by atoms with Crippen LogP contribution in [0.2, 0.25) is 0 Å². The zero-order valence-electron chi connectivity index (χ0n) is 11.9. The van der Waals surface area contributed by atoms with Crippen molar-refractivity contribution >= 4 is 0 Å². The second-order valence-electron chi connectivity index (χ2n) is 4.57. The molecule has 0 aliphatic rings. The molecule has 2 rings (SSSR count). The van der Waals surface area contributed by atoms with Gasteiger partial charge in [-0.2, -0.15) is 0 Å². The number of aryl methyl sites for hydroxylation is 1. The molecule has 0 radical (unpaired) electrons. The molecular weight excluding hydrogens is 252 g/mol. The first-order chi connectivity index (χ1) is 9.72. The van der Waals surface area contributed by atoms with E-state index in [-0.39, 0.29) is 0 Å². The van der Waals surface area contributed by atoms with E-state index >= 15 is 0 Å². The Hall–Kier alpha value is -2.07. The number of methoxy groups -OCH3 is 1.